The maximum absolute atomic E-state index is 11.4. The molecule has 5 nitrogen and oxygen atoms in total. The van der Waals surface area contributed by atoms with Gasteiger partial charge in [0, 0.05) is 26.7 Å². The third kappa shape index (κ3) is 4.62. The number of carboxylic acid groups (broad SMARTS) is 1. The molecule has 1 N–H and O–H groups in total. The van der Waals surface area contributed by atoms with E-state index >= 15 is 0 Å². The summed E-state index contributed by atoms with van der Waals surface area (Å²) in [6.07, 6.45) is 0. The second-order valence-corrected chi connectivity index (χ2v) is 6.69. The van der Waals surface area contributed by atoms with E-state index in [-0.39, 0.29) is 0 Å². The van der Waals surface area contributed by atoms with Crippen molar-refractivity contribution in [1.82, 2.24) is 4.90 Å². The molecule has 0 aliphatic rings. The van der Waals surface area contributed by atoms with E-state index in [1.807, 2.05) is 58.3 Å². The summed E-state index contributed by atoms with van der Waals surface area (Å²) < 4.78 is 0. The van der Waals surface area contributed by atoms with Crippen LogP contribution in [0, 0.1) is 25.2 Å². The minimum Gasteiger partial charge on any atom is -0.478 e. The predicted molar refractivity (Wildman–Crippen MR) is 104 cm³/mol. The van der Waals surface area contributed by atoms with E-state index in [2.05, 4.69) is 15.9 Å². The highest BCUT2D eigenvalue weighted by Crippen LogP contribution is 2.19. The molecule has 0 aliphatic heterocycles. The van der Waals surface area contributed by atoms with Crippen molar-refractivity contribution in [3.05, 3.63) is 64.2 Å². The number of aryl methyl sites for hydroxylation is 2. The quantitative estimate of drug-likeness (QED) is 0.828. The van der Waals surface area contributed by atoms with Gasteiger partial charge in [0.15, 0.2) is 0 Å². The molecule has 26 heavy (non-hydrogen) atoms. The van der Waals surface area contributed by atoms with E-state index in [0.717, 1.165) is 35.5 Å². The van der Waals surface area contributed by atoms with Crippen LogP contribution in [-0.2, 0) is 6.54 Å². The van der Waals surface area contributed by atoms with Crippen LogP contribution in [0.1, 0.15) is 32.6 Å². The van der Waals surface area contributed by atoms with Crippen molar-refractivity contribution in [2.45, 2.75) is 20.4 Å². The lowest BCUT2D eigenvalue weighted by Crippen LogP contribution is -2.31. The van der Waals surface area contributed by atoms with Crippen LogP contribution in [0.4, 0.5) is 5.69 Å². The summed E-state index contributed by atoms with van der Waals surface area (Å²) in [5, 5.41) is 18.5. The molecular weight excluding hydrogens is 326 g/mol. The number of nitriles is 1. The van der Waals surface area contributed by atoms with Gasteiger partial charge < -0.3 is 14.9 Å². The molecule has 0 saturated carbocycles. The highest BCUT2D eigenvalue weighted by atomic mass is 16.4. The highest BCUT2D eigenvalue weighted by Gasteiger charge is 2.13. The van der Waals surface area contributed by atoms with Crippen LogP contribution in [0.25, 0.3) is 0 Å². The first-order valence-electron chi connectivity index (χ1n) is 8.55. The van der Waals surface area contributed by atoms with Gasteiger partial charge in [0.25, 0.3) is 0 Å². The van der Waals surface area contributed by atoms with E-state index in [9.17, 15) is 15.2 Å². The van der Waals surface area contributed by atoms with E-state index in [1.165, 1.54) is 0 Å². The summed E-state index contributed by atoms with van der Waals surface area (Å²) in [4.78, 5) is 15.6. The molecular formula is C21H25N3O2. The number of hydrogen-bond acceptors (Lipinski definition) is 4. The fourth-order valence-corrected chi connectivity index (χ4v) is 3.01. The van der Waals surface area contributed by atoms with Crippen LogP contribution in [0.2, 0.25) is 0 Å². The average Bonchev–Trinajstić information content (AvgIpc) is 2.61. The Labute approximate surface area is 155 Å². The molecule has 0 radical (unpaired) electrons. The molecule has 0 fully saturated rings. The van der Waals surface area contributed by atoms with E-state index < -0.39 is 5.97 Å². The maximum Gasteiger partial charge on any atom is 0.335 e. The van der Waals surface area contributed by atoms with Gasteiger partial charge in [0.2, 0.25) is 0 Å². The Bertz CT molecular complexity index is 840. The van der Waals surface area contributed by atoms with Gasteiger partial charge in [0.05, 0.1) is 16.8 Å². The molecule has 0 unspecified atom stereocenters. The molecule has 2 rings (SSSR count). The maximum atomic E-state index is 11.4. The van der Waals surface area contributed by atoms with E-state index in [0.29, 0.717) is 17.7 Å². The standard InChI is InChI=1S/C21H25N3O2/c1-15-11-16(2)19(21(25)26)12-18(15)14-23(3)9-10-24(4)20-8-6-5-7-17(20)13-22/h5-8,11-12H,9-10,14H2,1-4H3,(H,25,26). The van der Waals surface area contributed by atoms with Crippen LogP contribution in [-0.4, -0.2) is 43.2 Å². The molecule has 0 amide bonds. The smallest absolute Gasteiger partial charge is 0.335 e. The summed E-state index contributed by atoms with van der Waals surface area (Å²) in [5.74, 6) is -0.890. The van der Waals surface area contributed by atoms with Crippen LogP contribution in [0.5, 0.6) is 0 Å². The minimum absolute atomic E-state index is 0.360. The number of carbonyl (C=O) groups is 1. The summed E-state index contributed by atoms with van der Waals surface area (Å²) >= 11 is 0. The van der Waals surface area contributed by atoms with Crippen molar-refractivity contribution in [3.63, 3.8) is 0 Å². The number of nitrogens with zero attached hydrogens (tertiary/aromatic N) is 3. The fourth-order valence-electron chi connectivity index (χ4n) is 3.01. The number of aromatic carboxylic acids is 1. The Balaban J connectivity index is 2.03. The topological polar surface area (TPSA) is 67.6 Å². The van der Waals surface area contributed by atoms with Crippen LogP contribution in [0.15, 0.2) is 36.4 Å². The molecule has 0 bridgehead atoms. The molecule has 2 aromatic carbocycles. The van der Waals surface area contributed by atoms with Gasteiger partial charge in [-0.2, -0.15) is 5.26 Å². The third-order valence-electron chi connectivity index (χ3n) is 4.61. The normalized spacial score (nSPS) is 10.6. The zero-order valence-corrected chi connectivity index (χ0v) is 15.8. The molecule has 0 saturated heterocycles. The van der Waals surface area contributed by atoms with Gasteiger partial charge in [-0.1, -0.05) is 18.2 Å². The number of anilines is 1. The minimum atomic E-state index is -0.890. The van der Waals surface area contributed by atoms with Gasteiger partial charge in [-0.25, -0.2) is 4.79 Å². The molecule has 0 spiro atoms. The highest BCUT2D eigenvalue weighted by molar-refractivity contribution is 5.89. The molecule has 136 valence electrons. The number of para-hydroxylation sites is 1. The van der Waals surface area contributed by atoms with Crippen LogP contribution < -0.4 is 4.90 Å². The number of benzene rings is 2. The van der Waals surface area contributed by atoms with Crippen molar-refractivity contribution in [2.24, 2.45) is 0 Å². The summed E-state index contributed by atoms with van der Waals surface area (Å²) in [5.41, 5.74) is 4.85. The first-order valence-corrected chi connectivity index (χ1v) is 8.55. The lowest BCUT2D eigenvalue weighted by atomic mass is 9.99. The lowest BCUT2D eigenvalue weighted by molar-refractivity contribution is 0.0696. The largest absolute Gasteiger partial charge is 0.478 e. The first-order chi connectivity index (χ1) is 12.3. The molecule has 2 aromatic rings. The molecule has 5 heteroatoms. The number of rotatable bonds is 7. The van der Waals surface area contributed by atoms with Crippen LogP contribution >= 0.6 is 0 Å². The monoisotopic (exact) mass is 351 g/mol. The second-order valence-electron chi connectivity index (χ2n) is 6.69. The van der Waals surface area contributed by atoms with Crippen molar-refractivity contribution < 1.29 is 9.90 Å². The van der Waals surface area contributed by atoms with E-state index in [1.54, 1.807) is 6.07 Å². The number of carboxylic acids is 1. The summed E-state index contributed by atoms with van der Waals surface area (Å²) in [6.45, 7) is 6.08. The molecule has 0 atom stereocenters. The van der Waals surface area contributed by atoms with Gasteiger partial charge in [0.1, 0.15) is 6.07 Å². The zero-order valence-electron chi connectivity index (χ0n) is 15.8. The molecule has 0 aromatic heterocycles. The Morgan fingerprint density at radius 3 is 2.46 bits per heavy atom. The Morgan fingerprint density at radius 2 is 1.81 bits per heavy atom. The molecule has 0 heterocycles. The van der Waals surface area contributed by atoms with Crippen LogP contribution in [0.3, 0.4) is 0 Å². The zero-order chi connectivity index (χ0) is 19.3. The Kier molecular flexibility index (Phi) is 6.37. The van der Waals surface area contributed by atoms with Gasteiger partial charge in [-0.3, -0.25) is 0 Å². The van der Waals surface area contributed by atoms with Gasteiger partial charge >= 0.3 is 5.97 Å². The van der Waals surface area contributed by atoms with Crippen molar-refractivity contribution in [1.29, 1.82) is 5.26 Å². The van der Waals surface area contributed by atoms with Gasteiger partial charge in [-0.15, -0.1) is 0 Å². The Morgan fingerprint density at radius 1 is 1.12 bits per heavy atom. The average molecular weight is 351 g/mol. The molecule has 0 aliphatic carbocycles. The van der Waals surface area contributed by atoms with Crippen molar-refractivity contribution >= 4 is 11.7 Å². The second kappa shape index (κ2) is 8.50. The van der Waals surface area contributed by atoms with Gasteiger partial charge in [-0.05, 0) is 55.8 Å². The third-order valence-corrected chi connectivity index (χ3v) is 4.61. The SMILES string of the molecule is Cc1cc(C)c(C(=O)O)cc1CN(C)CCN(C)c1ccccc1C#N. The fraction of sp³-hybridized carbons (Fsp3) is 0.333. The number of likely N-dealkylation sites (N-methyl/N-ethyl adjacent to an activating group) is 2. The first kappa shape index (κ1) is 19.5. The van der Waals surface area contributed by atoms with Crippen molar-refractivity contribution in [3.8, 4) is 6.07 Å². The van der Waals surface area contributed by atoms with E-state index in [4.69, 9.17) is 0 Å². The predicted octanol–water partition coefficient (Wildman–Crippen LogP) is 3.44. The Hall–Kier alpha value is -2.84. The summed E-state index contributed by atoms with van der Waals surface area (Å²) in [6, 6.07) is 13.5. The number of hydrogen-bond donors (Lipinski definition) is 1. The summed E-state index contributed by atoms with van der Waals surface area (Å²) in [7, 11) is 3.99. The lowest BCUT2D eigenvalue weighted by Gasteiger charge is -2.25. The van der Waals surface area contributed by atoms with Crippen molar-refractivity contribution in [2.75, 3.05) is 32.1 Å².